The van der Waals surface area contributed by atoms with Crippen LogP contribution < -0.4 is 5.32 Å². The van der Waals surface area contributed by atoms with Crippen LogP contribution in [0.15, 0.2) is 30.3 Å². The summed E-state index contributed by atoms with van der Waals surface area (Å²) in [5.74, 6) is 4.16. The van der Waals surface area contributed by atoms with Gasteiger partial charge in [0.1, 0.15) is 0 Å². The van der Waals surface area contributed by atoms with Gasteiger partial charge in [-0.25, -0.2) is 0 Å². The summed E-state index contributed by atoms with van der Waals surface area (Å²) in [6.45, 7) is 1.75. The predicted octanol–water partition coefficient (Wildman–Crippen LogP) is 2.01. The fourth-order valence-electron chi connectivity index (χ4n) is 1.91. The average molecular weight is 185 g/mol. The number of terminal acetylenes is 1. The predicted molar refractivity (Wildman–Crippen MR) is 59.0 cm³/mol. The van der Waals surface area contributed by atoms with Crippen molar-refractivity contribution in [3.05, 3.63) is 35.9 Å². The van der Waals surface area contributed by atoms with Crippen LogP contribution in [0.2, 0.25) is 0 Å². The molecule has 1 aromatic rings. The van der Waals surface area contributed by atoms with Gasteiger partial charge in [0.25, 0.3) is 0 Å². The van der Waals surface area contributed by atoms with E-state index in [1.165, 1.54) is 12.0 Å². The molecular formula is C13H15N. The van der Waals surface area contributed by atoms with E-state index in [1.54, 1.807) is 0 Å². The van der Waals surface area contributed by atoms with Gasteiger partial charge in [-0.3, -0.25) is 0 Å². The van der Waals surface area contributed by atoms with Crippen molar-refractivity contribution in [1.82, 2.24) is 5.32 Å². The summed E-state index contributed by atoms with van der Waals surface area (Å²) in [7, 11) is 0. The van der Waals surface area contributed by atoms with Crippen LogP contribution in [0.25, 0.3) is 0 Å². The second kappa shape index (κ2) is 4.30. The van der Waals surface area contributed by atoms with Crippen molar-refractivity contribution in [2.24, 2.45) is 5.92 Å². The Morgan fingerprint density at radius 1 is 1.36 bits per heavy atom. The lowest BCUT2D eigenvalue weighted by molar-refractivity contribution is 0.673. The number of rotatable bonds is 4. The molecule has 0 aromatic heterocycles. The molecule has 0 amide bonds. The molecule has 1 saturated carbocycles. The number of hydrogen-bond donors (Lipinski definition) is 1. The highest BCUT2D eigenvalue weighted by Crippen LogP contribution is 2.46. The van der Waals surface area contributed by atoms with Crippen LogP contribution in [-0.4, -0.2) is 13.1 Å². The summed E-state index contributed by atoms with van der Waals surface area (Å²) in [5, 5.41) is 3.26. The van der Waals surface area contributed by atoms with Gasteiger partial charge in [0.2, 0.25) is 0 Å². The lowest BCUT2D eigenvalue weighted by Gasteiger charge is -2.00. The van der Waals surface area contributed by atoms with Crippen LogP contribution in [0, 0.1) is 18.3 Å². The highest BCUT2D eigenvalue weighted by atomic mass is 14.9. The standard InChI is InChI=1S/C13H15N/c1-2-8-14-10-12-9-13(12)11-6-4-3-5-7-11/h1,3-7,12-14H,8-10H2/t12-,13+/m1/s1. The molecule has 2 atom stereocenters. The topological polar surface area (TPSA) is 12.0 Å². The first-order valence-electron chi connectivity index (χ1n) is 5.11. The quantitative estimate of drug-likeness (QED) is 0.559. The van der Waals surface area contributed by atoms with E-state index in [9.17, 15) is 0 Å². The lowest BCUT2D eigenvalue weighted by Crippen LogP contribution is -2.17. The van der Waals surface area contributed by atoms with E-state index in [0.717, 1.165) is 18.4 Å². The summed E-state index contributed by atoms with van der Waals surface area (Å²) in [6.07, 6.45) is 6.48. The Hall–Kier alpha value is -1.26. The molecule has 1 N–H and O–H groups in total. The Bertz CT molecular complexity index is 323. The summed E-state index contributed by atoms with van der Waals surface area (Å²) in [6, 6.07) is 10.7. The van der Waals surface area contributed by atoms with Crippen molar-refractivity contribution in [1.29, 1.82) is 0 Å². The van der Waals surface area contributed by atoms with Crippen LogP contribution in [0.3, 0.4) is 0 Å². The molecule has 1 fully saturated rings. The third-order valence-corrected chi connectivity index (χ3v) is 2.78. The second-order valence-corrected chi connectivity index (χ2v) is 3.85. The molecule has 0 radical (unpaired) electrons. The molecule has 1 aliphatic rings. The SMILES string of the molecule is C#CCNC[C@H]1C[C@H]1c1ccccc1. The highest BCUT2D eigenvalue weighted by molar-refractivity contribution is 5.25. The molecule has 2 rings (SSSR count). The Morgan fingerprint density at radius 3 is 2.86 bits per heavy atom. The number of hydrogen-bond acceptors (Lipinski definition) is 1. The van der Waals surface area contributed by atoms with E-state index in [1.807, 2.05) is 0 Å². The van der Waals surface area contributed by atoms with Gasteiger partial charge in [-0.2, -0.15) is 0 Å². The Morgan fingerprint density at radius 2 is 2.14 bits per heavy atom. The third-order valence-electron chi connectivity index (χ3n) is 2.78. The van der Waals surface area contributed by atoms with Gasteiger partial charge in [-0.05, 0) is 30.4 Å². The van der Waals surface area contributed by atoms with E-state index >= 15 is 0 Å². The van der Waals surface area contributed by atoms with E-state index in [2.05, 4.69) is 41.6 Å². The van der Waals surface area contributed by atoms with Gasteiger partial charge in [-0.1, -0.05) is 36.3 Å². The second-order valence-electron chi connectivity index (χ2n) is 3.85. The normalized spacial score (nSPS) is 24.2. The molecule has 72 valence electrons. The molecule has 1 nitrogen and oxygen atoms in total. The summed E-state index contributed by atoms with van der Waals surface area (Å²) >= 11 is 0. The molecular weight excluding hydrogens is 170 g/mol. The molecule has 1 aliphatic carbocycles. The number of benzene rings is 1. The largest absolute Gasteiger partial charge is 0.306 e. The lowest BCUT2D eigenvalue weighted by atomic mass is 10.1. The zero-order chi connectivity index (χ0) is 9.80. The van der Waals surface area contributed by atoms with Crippen molar-refractivity contribution in [3.63, 3.8) is 0 Å². The van der Waals surface area contributed by atoms with Gasteiger partial charge in [-0.15, -0.1) is 6.42 Å². The van der Waals surface area contributed by atoms with Crippen LogP contribution in [-0.2, 0) is 0 Å². The molecule has 0 saturated heterocycles. The minimum absolute atomic E-state index is 0.692. The Kier molecular flexibility index (Phi) is 2.86. The van der Waals surface area contributed by atoms with E-state index in [-0.39, 0.29) is 0 Å². The molecule has 0 aliphatic heterocycles. The molecule has 0 unspecified atom stereocenters. The average Bonchev–Trinajstić information content (AvgIpc) is 2.99. The maximum Gasteiger partial charge on any atom is 0.0573 e. The maximum absolute atomic E-state index is 5.17. The molecule has 0 heterocycles. The van der Waals surface area contributed by atoms with E-state index in [4.69, 9.17) is 6.42 Å². The first kappa shape index (κ1) is 9.30. The van der Waals surface area contributed by atoms with Crippen LogP contribution in [0.5, 0.6) is 0 Å². The Balaban J connectivity index is 1.80. The zero-order valence-corrected chi connectivity index (χ0v) is 8.24. The fourth-order valence-corrected chi connectivity index (χ4v) is 1.91. The van der Waals surface area contributed by atoms with E-state index < -0.39 is 0 Å². The molecule has 1 heteroatoms. The van der Waals surface area contributed by atoms with Crippen molar-refractivity contribution < 1.29 is 0 Å². The molecule has 1 aromatic carbocycles. The van der Waals surface area contributed by atoms with Crippen molar-refractivity contribution in [3.8, 4) is 12.3 Å². The summed E-state index contributed by atoms with van der Waals surface area (Å²) in [4.78, 5) is 0. The summed E-state index contributed by atoms with van der Waals surface area (Å²) in [5.41, 5.74) is 1.47. The van der Waals surface area contributed by atoms with Gasteiger partial charge in [0, 0.05) is 0 Å². The first-order chi connectivity index (χ1) is 6.92. The maximum atomic E-state index is 5.17. The van der Waals surface area contributed by atoms with Gasteiger partial charge >= 0.3 is 0 Å². The minimum atomic E-state index is 0.692. The molecule has 0 spiro atoms. The van der Waals surface area contributed by atoms with Crippen molar-refractivity contribution in [2.45, 2.75) is 12.3 Å². The highest BCUT2D eigenvalue weighted by Gasteiger charge is 2.37. The molecule has 14 heavy (non-hydrogen) atoms. The Labute approximate surface area is 85.5 Å². The van der Waals surface area contributed by atoms with Gasteiger partial charge in [0.05, 0.1) is 6.54 Å². The van der Waals surface area contributed by atoms with Gasteiger partial charge < -0.3 is 5.32 Å². The fraction of sp³-hybridized carbons (Fsp3) is 0.385. The monoisotopic (exact) mass is 185 g/mol. The van der Waals surface area contributed by atoms with Crippen molar-refractivity contribution >= 4 is 0 Å². The minimum Gasteiger partial charge on any atom is -0.306 e. The smallest absolute Gasteiger partial charge is 0.0573 e. The van der Waals surface area contributed by atoms with E-state index in [0.29, 0.717) is 6.54 Å². The summed E-state index contributed by atoms with van der Waals surface area (Å²) < 4.78 is 0. The van der Waals surface area contributed by atoms with Crippen LogP contribution in [0.1, 0.15) is 17.9 Å². The van der Waals surface area contributed by atoms with Gasteiger partial charge in [0.15, 0.2) is 0 Å². The van der Waals surface area contributed by atoms with Crippen molar-refractivity contribution in [2.75, 3.05) is 13.1 Å². The molecule has 0 bridgehead atoms. The van der Waals surface area contributed by atoms with Crippen LogP contribution in [0.4, 0.5) is 0 Å². The third kappa shape index (κ3) is 2.16. The van der Waals surface area contributed by atoms with Crippen LogP contribution >= 0.6 is 0 Å². The number of nitrogens with one attached hydrogen (secondary N) is 1. The zero-order valence-electron chi connectivity index (χ0n) is 8.24. The first-order valence-corrected chi connectivity index (χ1v) is 5.11.